The predicted octanol–water partition coefficient (Wildman–Crippen LogP) is 4.66. The maximum atomic E-state index is 12.1. The van der Waals surface area contributed by atoms with Crippen LogP contribution in [0.4, 0.5) is 0 Å². The van der Waals surface area contributed by atoms with Gasteiger partial charge in [-0.3, -0.25) is 4.79 Å². The smallest absolute Gasteiger partial charge is 0.220 e. The van der Waals surface area contributed by atoms with Crippen LogP contribution in [0.2, 0.25) is 0 Å². The Hall–Kier alpha value is -2.39. The van der Waals surface area contributed by atoms with Gasteiger partial charge in [-0.2, -0.15) is 11.3 Å². The van der Waals surface area contributed by atoms with Crippen molar-refractivity contribution in [1.82, 2.24) is 5.32 Å². The highest BCUT2D eigenvalue weighted by molar-refractivity contribution is 7.08. The Kier molecular flexibility index (Phi) is 5.22. The Labute approximate surface area is 140 Å². The lowest BCUT2D eigenvalue weighted by Crippen LogP contribution is -2.23. The zero-order valence-electron chi connectivity index (χ0n) is 12.9. The second-order valence-corrected chi connectivity index (χ2v) is 6.21. The monoisotopic (exact) mass is 321 g/mol. The maximum Gasteiger partial charge on any atom is 0.220 e. The molecule has 116 valence electrons. The van der Waals surface area contributed by atoms with Gasteiger partial charge in [0.1, 0.15) is 0 Å². The summed E-state index contributed by atoms with van der Waals surface area (Å²) < 4.78 is 0. The van der Waals surface area contributed by atoms with Crippen molar-refractivity contribution < 1.29 is 4.79 Å². The Bertz CT molecular complexity index is 750. The molecular weight excluding hydrogens is 302 g/mol. The Morgan fingerprint density at radius 3 is 2.52 bits per heavy atom. The van der Waals surface area contributed by atoms with Crippen LogP contribution in [0.25, 0.3) is 11.1 Å². The molecule has 0 atom stereocenters. The average molecular weight is 321 g/mol. The highest BCUT2D eigenvalue weighted by Gasteiger charge is 2.07. The molecule has 0 aliphatic heterocycles. The molecule has 0 aliphatic rings. The van der Waals surface area contributed by atoms with E-state index < -0.39 is 0 Å². The fourth-order valence-corrected chi connectivity index (χ4v) is 3.21. The predicted molar refractivity (Wildman–Crippen MR) is 96.4 cm³/mol. The largest absolute Gasteiger partial charge is 0.352 e. The molecule has 0 aliphatic carbocycles. The van der Waals surface area contributed by atoms with Crippen LogP contribution < -0.4 is 5.32 Å². The van der Waals surface area contributed by atoms with Crippen molar-refractivity contribution in [3.63, 3.8) is 0 Å². The molecule has 1 aromatic heterocycles. The van der Waals surface area contributed by atoms with Crippen molar-refractivity contribution in [1.29, 1.82) is 0 Å². The highest BCUT2D eigenvalue weighted by atomic mass is 32.1. The lowest BCUT2D eigenvalue weighted by atomic mass is 10.0. The van der Waals surface area contributed by atoms with E-state index in [0.717, 1.165) is 12.0 Å². The number of rotatable bonds is 6. The quantitative estimate of drug-likeness (QED) is 0.702. The SMILES string of the molecule is O=C(CCc1ccccc1)NCc1ccccc1-c1ccsc1. The van der Waals surface area contributed by atoms with Gasteiger partial charge < -0.3 is 5.32 Å². The number of benzene rings is 2. The number of amides is 1. The first-order chi connectivity index (χ1) is 11.3. The van der Waals surface area contributed by atoms with Crippen LogP contribution in [0.3, 0.4) is 0 Å². The van der Waals surface area contributed by atoms with E-state index in [9.17, 15) is 4.79 Å². The van der Waals surface area contributed by atoms with Crippen molar-refractivity contribution in [2.24, 2.45) is 0 Å². The molecule has 2 aromatic carbocycles. The lowest BCUT2D eigenvalue weighted by molar-refractivity contribution is -0.121. The van der Waals surface area contributed by atoms with E-state index in [4.69, 9.17) is 0 Å². The normalized spacial score (nSPS) is 10.4. The number of hydrogen-bond donors (Lipinski definition) is 1. The van der Waals surface area contributed by atoms with Gasteiger partial charge >= 0.3 is 0 Å². The minimum absolute atomic E-state index is 0.0916. The van der Waals surface area contributed by atoms with Crippen molar-refractivity contribution >= 4 is 17.2 Å². The van der Waals surface area contributed by atoms with E-state index in [0.29, 0.717) is 13.0 Å². The number of aryl methyl sites for hydroxylation is 1. The van der Waals surface area contributed by atoms with Gasteiger partial charge in [-0.1, -0.05) is 54.6 Å². The molecule has 2 nitrogen and oxygen atoms in total. The second-order valence-electron chi connectivity index (χ2n) is 5.43. The molecule has 0 spiro atoms. The summed E-state index contributed by atoms with van der Waals surface area (Å²) in [5.74, 6) is 0.0916. The summed E-state index contributed by atoms with van der Waals surface area (Å²) in [5, 5.41) is 7.24. The van der Waals surface area contributed by atoms with E-state index in [2.05, 4.69) is 46.4 Å². The van der Waals surface area contributed by atoms with Crippen molar-refractivity contribution in [3.05, 3.63) is 82.6 Å². The maximum absolute atomic E-state index is 12.1. The first-order valence-electron chi connectivity index (χ1n) is 7.74. The third-order valence-electron chi connectivity index (χ3n) is 3.81. The number of carbonyl (C=O) groups excluding carboxylic acids is 1. The molecule has 0 unspecified atom stereocenters. The molecular formula is C20H19NOS. The van der Waals surface area contributed by atoms with E-state index in [1.165, 1.54) is 16.7 Å². The van der Waals surface area contributed by atoms with Gasteiger partial charge in [0.2, 0.25) is 5.91 Å². The van der Waals surface area contributed by atoms with Crippen LogP contribution in [-0.2, 0) is 17.8 Å². The molecule has 1 heterocycles. The molecule has 23 heavy (non-hydrogen) atoms. The van der Waals surface area contributed by atoms with Crippen molar-refractivity contribution in [2.45, 2.75) is 19.4 Å². The Morgan fingerprint density at radius 2 is 1.74 bits per heavy atom. The summed E-state index contributed by atoms with van der Waals surface area (Å²) in [7, 11) is 0. The summed E-state index contributed by atoms with van der Waals surface area (Å²) in [6.07, 6.45) is 1.30. The van der Waals surface area contributed by atoms with Crippen LogP contribution in [0, 0.1) is 0 Å². The fraction of sp³-hybridized carbons (Fsp3) is 0.150. The number of hydrogen-bond acceptors (Lipinski definition) is 2. The van der Waals surface area contributed by atoms with Gasteiger partial charge in [-0.05, 0) is 45.5 Å². The molecule has 0 saturated carbocycles. The zero-order valence-corrected chi connectivity index (χ0v) is 13.7. The summed E-state index contributed by atoms with van der Waals surface area (Å²) in [6, 6.07) is 20.5. The van der Waals surface area contributed by atoms with Crippen LogP contribution in [0.5, 0.6) is 0 Å². The van der Waals surface area contributed by atoms with Crippen LogP contribution in [-0.4, -0.2) is 5.91 Å². The molecule has 3 aromatic rings. The summed E-state index contributed by atoms with van der Waals surface area (Å²) in [5.41, 5.74) is 4.75. The summed E-state index contributed by atoms with van der Waals surface area (Å²) in [6.45, 7) is 0.569. The first-order valence-corrected chi connectivity index (χ1v) is 8.68. The molecule has 3 heteroatoms. The van der Waals surface area contributed by atoms with E-state index in [-0.39, 0.29) is 5.91 Å². The van der Waals surface area contributed by atoms with Gasteiger partial charge in [0.25, 0.3) is 0 Å². The Balaban J connectivity index is 1.57. The third kappa shape index (κ3) is 4.30. The van der Waals surface area contributed by atoms with Gasteiger partial charge in [0.05, 0.1) is 0 Å². The van der Waals surface area contributed by atoms with Gasteiger partial charge in [0, 0.05) is 13.0 Å². The molecule has 3 rings (SSSR count). The van der Waals surface area contributed by atoms with Gasteiger partial charge in [-0.15, -0.1) is 0 Å². The molecule has 0 saturated heterocycles. The molecule has 0 bridgehead atoms. The van der Waals surface area contributed by atoms with Crippen LogP contribution in [0.15, 0.2) is 71.4 Å². The lowest BCUT2D eigenvalue weighted by Gasteiger charge is -2.10. The van der Waals surface area contributed by atoms with E-state index in [1.54, 1.807) is 11.3 Å². The van der Waals surface area contributed by atoms with Crippen LogP contribution in [0.1, 0.15) is 17.5 Å². The molecule has 1 N–H and O–H groups in total. The molecule has 0 fully saturated rings. The third-order valence-corrected chi connectivity index (χ3v) is 4.49. The zero-order chi connectivity index (χ0) is 15.9. The summed E-state index contributed by atoms with van der Waals surface area (Å²) >= 11 is 1.69. The van der Waals surface area contributed by atoms with Crippen LogP contribution >= 0.6 is 11.3 Å². The molecule has 1 amide bonds. The first kappa shape index (κ1) is 15.5. The van der Waals surface area contributed by atoms with Gasteiger partial charge in [0.15, 0.2) is 0 Å². The van der Waals surface area contributed by atoms with E-state index >= 15 is 0 Å². The topological polar surface area (TPSA) is 29.1 Å². The number of nitrogens with one attached hydrogen (secondary N) is 1. The standard InChI is InChI=1S/C20H19NOS/c22-20(11-10-16-6-2-1-3-7-16)21-14-17-8-4-5-9-19(17)18-12-13-23-15-18/h1-9,12-13,15H,10-11,14H2,(H,21,22). The fourth-order valence-electron chi connectivity index (χ4n) is 2.56. The minimum atomic E-state index is 0.0916. The average Bonchev–Trinajstić information content (AvgIpc) is 3.14. The highest BCUT2D eigenvalue weighted by Crippen LogP contribution is 2.25. The van der Waals surface area contributed by atoms with Crippen molar-refractivity contribution in [2.75, 3.05) is 0 Å². The van der Waals surface area contributed by atoms with Crippen molar-refractivity contribution in [3.8, 4) is 11.1 Å². The molecule has 0 radical (unpaired) electrons. The summed E-state index contributed by atoms with van der Waals surface area (Å²) in [4.78, 5) is 12.1. The number of carbonyl (C=O) groups is 1. The Morgan fingerprint density at radius 1 is 0.957 bits per heavy atom. The second kappa shape index (κ2) is 7.75. The van der Waals surface area contributed by atoms with Gasteiger partial charge in [-0.25, -0.2) is 0 Å². The minimum Gasteiger partial charge on any atom is -0.352 e. The van der Waals surface area contributed by atoms with E-state index in [1.807, 2.05) is 30.3 Å². The number of thiophene rings is 1.